The Bertz CT molecular complexity index is 167. The monoisotopic (exact) mass is 213 g/mol. The SMILES string of the molecule is CC.CC1CN(C)CC(C)C1OC1CC1. The first-order valence-electron chi connectivity index (χ1n) is 6.51. The van der Waals surface area contributed by atoms with Crippen LogP contribution in [0.3, 0.4) is 0 Å². The van der Waals surface area contributed by atoms with Crippen LogP contribution in [0, 0.1) is 11.8 Å². The van der Waals surface area contributed by atoms with Gasteiger partial charge in [0, 0.05) is 13.1 Å². The molecule has 0 N–H and O–H groups in total. The van der Waals surface area contributed by atoms with Gasteiger partial charge in [-0.1, -0.05) is 27.7 Å². The number of nitrogens with zero attached hydrogens (tertiary/aromatic N) is 1. The highest BCUT2D eigenvalue weighted by Crippen LogP contribution is 2.32. The van der Waals surface area contributed by atoms with Gasteiger partial charge in [0.2, 0.25) is 0 Å². The van der Waals surface area contributed by atoms with E-state index in [2.05, 4.69) is 25.8 Å². The van der Waals surface area contributed by atoms with Crippen LogP contribution in [0.4, 0.5) is 0 Å². The topological polar surface area (TPSA) is 12.5 Å². The van der Waals surface area contributed by atoms with Gasteiger partial charge in [0.25, 0.3) is 0 Å². The zero-order valence-corrected chi connectivity index (χ0v) is 11.0. The summed E-state index contributed by atoms with van der Waals surface area (Å²) in [5.74, 6) is 1.41. The van der Waals surface area contributed by atoms with Crippen molar-refractivity contribution in [2.75, 3.05) is 20.1 Å². The Morgan fingerprint density at radius 1 is 1.00 bits per heavy atom. The molecule has 0 amide bonds. The fraction of sp³-hybridized carbons (Fsp3) is 1.00. The molecule has 0 radical (unpaired) electrons. The minimum Gasteiger partial charge on any atom is -0.374 e. The molecule has 1 saturated heterocycles. The van der Waals surface area contributed by atoms with E-state index in [4.69, 9.17) is 4.74 Å². The van der Waals surface area contributed by atoms with Gasteiger partial charge in [-0.25, -0.2) is 0 Å². The van der Waals surface area contributed by atoms with Crippen LogP contribution in [0.15, 0.2) is 0 Å². The lowest BCUT2D eigenvalue weighted by atomic mass is 9.88. The molecule has 15 heavy (non-hydrogen) atoms. The molecule has 2 fully saturated rings. The lowest BCUT2D eigenvalue weighted by molar-refractivity contribution is -0.0645. The molecular formula is C13H27NO. The molecule has 1 heterocycles. The molecule has 2 unspecified atom stereocenters. The van der Waals surface area contributed by atoms with Crippen molar-refractivity contribution < 1.29 is 4.74 Å². The average Bonchev–Trinajstić information content (AvgIpc) is 2.98. The first kappa shape index (κ1) is 13.0. The Hall–Kier alpha value is -0.0800. The molecule has 2 aliphatic rings. The van der Waals surface area contributed by atoms with Crippen molar-refractivity contribution >= 4 is 0 Å². The highest BCUT2D eigenvalue weighted by Gasteiger charge is 2.35. The Morgan fingerprint density at radius 3 is 1.87 bits per heavy atom. The summed E-state index contributed by atoms with van der Waals surface area (Å²) in [4.78, 5) is 2.42. The molecule has 1 aliphatic heterocycles. The summed E-state index contributed by atoms with van der Waals surface area (Å²) in [5, 5.41) is 0. The smallest absolute Gasteiger partial charge is 0.0654 e. The quantitative estimate of drug-likeness (QED) is 0.699. The summed E-state index contributed by atoms with van der Waals surface area (Å²) in [6, 6.07) is 0. The molecule has 90 valence electrons. The maximum absolute atomic E-state index is 6.05. The minimum atomic E-state index is 0.517. The predicted molar refractivity (Wildman–Crippen MR) is 65.1 cm³/mol. The van der Waals surface area contributed by atoms with Gasteiger partial charge in [-0.3, -0.25) is 0 Å². The van der Waals surface area contributed by atoms with E-state index in [1.807, 2.05) is 13.8 Å². The van der Waals surface area contributed by atoms with Crippen LogP contribution in [-0.2, 0) is 4.74 Å². The molecule has 2 rings (SSSR count). The van der Waals surface area contributed by atoms with E-state index in [1.54, 1.807) is 0 Å². The predicted octanol–water partition coefficient (Wildman–Crippen LogP) is 2.78. The van der Waals surface area contributed by atoms with Crippen molar-refractivity contribution in [3.63, 3.8) is 0 Å². The molecule has 0 aromatic heterocycles. The standard InChI is InChI=1S/C11H21NO.C2H6/c1-8-6-12(3)7-9(2)11(8)13-10-4-5-10;1-2/h8-11H,4-7H2,1-3H3;1-2H3. The second-order valence-electron chi connectivity index (χ2n) is 4.98. The molecule has 1 aliphatic carbocycles. The van der Waals surface area contributed by atoms with Gasteiger partial charge >= 0.3 is 0 Å². The van der Waals surface area contributed by atoms with Crippen LogP contribution in [0.5, 0.6) is 0 Å². The van der Waals surface area contributed by atoms with Crippen molar-refractivity contribution in [2.45, 2.75) is 52.7 Å². The summed E-state index contributed by atoms with van der Waals surface area (Å²) < 4.78 is 6.05. The highest BCUT2D eigenvalue weighted by atomic mass is 16.5. The van der Waals surface area contributed by atoms with Crippen LogP contribution in [-0.4, -0.2) is 37.2 Å². The first-order chi connectivity index (χ1) is 7.16. The number of ether oxygens (including phenoxy) is 1. The van der Waals surface area contributed by atoms with Crippen molar-refractivity contribution in [3.05, 3.63) is 0 Å². The summed E-state index contributed by atoms with van der Waals surface area (Å²) in [5.41, 5.74) is 0. The number of piperidine rings is 1. The maximum Gasteiger partial charge on any atom is 0.0654 e. The van der Waals surface area contributed by atoms with Crippen molar-refractivity contribution in [1.29, 1.82) is 0 Å². The second kappa shape index (κ2) is 5.86. The number of likely N-dealkylation sites (tertiary alicyclic amines) is 1. The fourth-order valence-corrected chi connectivity index (χ4v) is 2.52. The molecule has 0 aromatic rings. The normalized spacial score (nSPS) is 37.0. The average molecular weight is 213 g/mol. The molecule has 1 saturated carbocycles. The van der Waals surface area contributed by atoms with E-state index in [0.717, 1.165) is 0 Å². The van der Waals surface area contributed by atoms with Gasteiger partial charge in [0.1, 0.15) is 0 Å². The lowest BCUT2D eigenvalue weighted by Gasteiger charge is -2.39. The van der Waals surface area contributed by atoms with E-state index in [1.165, 1.54) is 25.9 Å². The van der Waals surface area contributed by atoms with Crippen molar-refractivity contribution in [1.82, 2.24) is 4.90 Å². The van der Waals surface area contributed by atoms with E-state index in [9.17, 15) is 0 Å². The second-order valence-corrected chi connectivity index (χ2v) is 4.98. The molecule has 0 aromatic carbocycles. The Kier molecular flexibility index (Phi) is 5.07. The summed E-state index contributed by atoms with van der Waals surface area (Å²) in [7, 11) is 2.21. The van der Waals surface area contributed by atoms with Gasteiger partial charge in [-0.15, -0.1) is 0 Å². The third-order valence-corrected chi connectivity index (χ3v) is 3.19. The van der Waals surface area contributed by atoms with E-state index >= 15 is 0 Å². The Labute approximate surface area is 95.0 Å². The molecular weight excluding hydrogens is 186 g/mol. The molecule has 0 spiro atoms. The van der Waals surface area contributed by atoms with Gasteiger partial charge in [0.05, 0.1) is 12.2 Å². The molecule has 2 nitrogen and oxygen atoms in total. The minimum absolute atomic E-state index is 0.517. The van der Waals surface area contributed by atoms with E-state index in [-0.39, 0.29) is 0 Å². The summed E-state index contributed by atoms with van der Waals surface area (Å²) in [6.07, 6.45) is 3.72. The lowest BCUT2D eigenvalue weighted by Crippen LogP contribution is -2.47. The zero-order valence-electron chi connectivity index (χ0n) is 11.0. The van der Waals surface area contributed by atoms with E-state index < -0.39 is 0 Å². The van der Waals surface area contributed by atoms with Crippen LogP contribution in [0.25, 0.3) is 0 Å². The fourth-order valence-electron chi connectivity index (χ4n) is 2.52. The van der Waals surface area contributed by atoms with Gasteiger partial charge in [-0.05, 0) is 31.7 Å². The maximum atomic E-state index is 6.05. The Morgan fingerprint density at radius 2 is 1.47 bits per heavy atom. The van der Waals surface area contributed by atoms with Crippen molar-refractivity contribution in [3.8, 4) is 0 Å². The third kappa shape index (κ3) is 3.76. The molecule has 0 bridgehead atoms. The van der Waals surface area contributed by atoms with Gasteiger partial charge in [0.15, 0.2) is 0 Å². The van der Waals surface area contributed by atoms with Gasteiger partial charge in [-0.2, -0.15) is 0 Å². The van der Waals surface area contributed by atoms with Crippen LogP contribution < -0.4 is 0 Å². The molecule has 2 heteroatoms. The summed E-state index contributed by atoms with van der Waals surface area (Å²) >= 11 is 0. The van der Waals surface area contributed by atoms with Crippen molar-refractivity contribution in [2.24, 2.45) is 11.8 Å². The van der Waals surface area contributed by atoms with Crippen LogP contribution in [0.2, 0.25) is 0 Å². The van der Waals surface area contributed by atoms with Gasteiger partial charge < -0.3 is 9.64 Å². The highest BCUT2D eigenvalue weighted by molar-refractivity contribution is 4.85. The number of hydrogen-bond acceptors (Lipinski definition) is 2. The number of rotatable bonds is 2. The number of hydrogen-bond donors (Lipinski definition) is 0. The van der Waals surface area contributed by atoms with E-state index in [0.29, 0.717) is 24.0 Å². The largest absolute Gasteiger partial charge is 0.374 e. The van der Waals surface area contributed by atoms with Crippen LogP contribution >= 0.6 is 0 Å². The third-order valence-electron chi connectivity index (χ3n) is 3.19. The van der Waals surface area contributed by atoms with Crippen LogP contribution in [0.1, 0.15) is 40.5 Å². The Balaban J connectivity index is 0.000000531. The molecule has 2 atom stereocenters. The zero-order chi connectivity index (χ0) is 11.4. The first-order valence-corrected chi connectivity index (χ1v) is 6.51. The summed E-state index contributed by atoms with van der Waals surface area (Å²) in [6.45, 7) is 11.0.